The lowest BCUT2D eigenvalue weighted by molar-refractivity contribution is -0.385. The number of ether oxygens (including phenoxy) is 1. The lowest BCUT2D eigenvalue weighted by Gasteiger charge is -2.27. The van der Waals surface area contributed by atoms with Crippen LogP contribution in [0.4, 0.5) is 14.5 Å². The lowest BCUT2D eigenvalue weighted by Crippen LogP contribution is -2.34. The normalized spacial score (nSPS) is 23.1. The predicted octanol–water partition coefficient (Wildman–Crippen LogP) is 2.52. The van der Waals surface area contributed by atoms with Crippen molar-refractivity contribution in [3.8, 4) is 5.75 Å². The first-order valence-corrected chi connectivity index (χ1v) is 6.03. The molecule has 1 aromatic carbocycles. The van der Waals surface area contributed by atoms with Crippen molar-refractivity contribution < 1.29 is 18.4 Å². The molecule has 1 aliphatic rings. The molecule has 19 heavy (non-hydrogen) atoms. The molecule has 0 heterocycles. The van der Waals surface area contributed by atoms with Gasteiger partial charge in [0.15, 0.2) is 17.4 Å². The van der Waals surface area contributed by atoms with E-state index in [1.807, 2.05) is 0 Å². The van der Waals surface area contributed by atoms with Gasteiger partial charge in [-0.1, -0.05) is 0 Å². The Hall–Kier alpha value is -1.76. The number of benzene rings is 1. The molecule has 0 amide bonds. The van der Waals surface area contributed by atoms with Gasteiger partial charge in [0.25, 0.3) is 5.69 Å². The molecule has 1 aliphatic carbocycles. The topological polar surface area (TPSA) is 78.4 Å². The third kappa shape index (κ3) is 3.17. The van der Waals surface area contributed by atoms with Crippen molar-refractivity contribution in [1.82, 2.24) is 0 Å². The third-order valence-electron chi connectivity index (χ3n) is 3.15. The maximum Gasteiger partial charge on any atom is 0.275 e. The first-order chi connectivity index (χ1) is 8.97. The molecule has 1 fully saturated rings. The molecule has 0 aliphatic heterocycles. The molecular formula is C12H14F2N2O3. The number of non-ortho nitro benzene ring substituents is 1. The Kier molecular flexibility index (Phi) is 3.94. The summed E-state index contributed by atoms with van der Waals surface area (Å²) in [5.74, 6) is -2.69. The monoisotopic (exact) mass is 272 g/mol. The molecule has 104 valence electrons. The highest BCUT2D eigenvalue weighted by atomic mass is 19.1. The summed E-state index contributed by atoms with van der Waals surface area (Å²) in [7, 11) is 0. The third-order valence-corrected chi connectivity index (χ3v) is 3.15. The molecule has 5 nitrogen and oxygen atoms in total. The van der Waals surface area contributed by atoms with E-state index < -0.39 is 28.0 Å². The standard InChI is InChI=1S/C12H14F2N2O3/c13-10-5-8(16(17)18)6-11(14)12(10)19-9-3-1-2-7(15)4-9/h5-7,9H,1-4,15H2. The summed E-state index contributed by atoms with van der Waals surface area (Å²) in [6.45, 7) is 0. The number of nitrogens with zero attached hydrogens (tertiary/aromatic N) is 1. The molecule has 0 saturated heterocycles. The Morgan fingerprint density at radius 3 is 2.47 bits per heavy atom. The number of nitro benzene ring substituents is 1. The van der Waals surface area contributed by atoms with Gasteiger partial charge in [0, 0.05) is 6.04 Å². The van der Waals surface area contributed by atoms with Crippen LogP contribution in [0.1, 0.15) is 25.7 Å². The second-order valence-corrected chi connectivity index (χ2v) is 4.66. The zero-order valence-electron chi connectivity index (χ0n) is 10.1. The number of nitrogens with two attached hydrogens (primary N) is 1. The average Bonchev–Trinajstić information content (AvgIpc) is 2.33. The maximum absolute atomic E-state index is 13.6. The summed E-state index contributed by atoms with van der Waals surface area (Å²) in [5, 5.41) is 10.5. The van der Waals surface area contributed by atoms with Crippen LogP contribution in [-0.4, -0.2) is 17.1 Å². The van der Waals surface area contributed by atoms with Crippen molar-refractivity contribution in [3.05, 3.63) is 33.9 Å². The fraction of sp³-hybridized carbons (Fsp3) is 0.500. The fourth-order valence-corrected chi connectivity index (χ4v) is 2.22. The second-order valence-electron chi connectivity index (χ2n) is 4.66. The largest absolute Gasteiger partial charge is 0.484 e. The summed E-state index contributed by atoms with van der Waals surface area (Å²) in [6.07, 6.45) is 2.54. The van der Waals surface area contributed by atoms with E-state index >= 15 is 0 Å². The molecule has 2 atom stereocenters. The Labute approximate surface area is 108 Å². The van der Waals surface area contributed by atoms with Gasteiger partial charge in [-0.05, 0) is 25.7 Å². The number of hydrogen-bond acceptors (Lipinski definition) is 4. The van der Waals surface area contributed by atoms with Gasteiger partial charge in [0.05, 0.1) is 17.1 Å². The molecule has 2 N–H and O–H groups in total. The molecular weight excluding hydrogens is 258 g/mol. The van der Waals surface area contributed by atoms with Crippen molar-refractivity contribution in [2.75, 3.05) is 0 Å². The van der Waals surface area contributed by atoms with E-state index in [1.165, 1.54) is 0 Å². The Morgan fingerprint density at radius 1 is 1.32 bits per heavy atom. The molecule has 1 saturated carbocycles. The fourth-order valence-electron chi connectivity index (χ4n) is 2.22. The number of halogens is 2. The van der Waals surface area contributed by atoms with Crippen molar-refractivity contribution in [3.63, 3.8) is 0 Å². The summed E-state index contributed by atoms with van der Waals surface area (Å²) >= 11 is 0. The van der Waals surface area contributed by atoms with Crippen molar-refractivity contribution in [2.24, 2.45) is 5.73 Å². The highest BCUT2D eigenvalue weighted by molar-refractivity contribution is 5.39. The molecule has 0 radical (unpaired) electrons. The van der Waals surface area contributed by atoms with Gasteiger partial charge in [-0.2, -0.15) is 0 Å². The molecule has 0 spiro atoms. The quantitative estimate of drug-likeness (QED) is 0.677. The highest BCUT2D eigenvalue weighted by Crippen LogP contribution is 2.30. The summed E-state index contributed by atoms with van der Waals surface area (Å²) < 4.78 is 32.5. The van der Waals surface area contributed by atoms with Crippen LogP contribution in [0.25, 0.3) is 0 Å². The predicted molar refractivity (Wildman–Crippen MR) is 63.9 cm³/mol. The van der Waals surface area contributed by atoms with Crippen LogP contribution in [0.5, 0.6) is 5.75 Å². The van der Waals surface area contributed by atoms with Crippen LogP contribution in [-0.2, 0) is 0 Å². The Morgan fingerprint density at radius 2 is 1.95 bits per heavy atom. The van der Waals surface area contributed by atoms with Gasteiger partial charge in [0.2, 0.25) is 0 Å². The van der Waals surface area contributed by atoms with E-state index in [9.17, 15) is 18.9 Å². The summed E-state index contributed by atoms with van der Waals surface area (Å²) in [5.41, 5.74) is 5.13. The molecule has 1 aromatic rings. The second kappa shape index (κ2) is 5.48. The van der Waals surface area contributed by atoms with Gasteiger partial charge < -0.3 is 10.5 Å². The van der Waals surface area contributed by atoms with Crippen LogP contribution < -0.4 is 10.5 Å². The SMILES string of the molecule is NC1CCCC(Oc2c(F)cc([N+](=O)[O-])cc2F)C1. The first-order valence-electron chi connectivity index (χ1n) is 6.03. The van der Waals surface area contributed by atoms with Crippen molar-refractivity contribution >= 4 is 5.69 Å². The molecule has 7 heteroatoms. The van der Waals surface area contributed by atoms with Gasteiger partial charge >= 0.3 is 0 Å². The van der Waals surface area contributed by atoms with E-state index in [4.69, 9.17) is 10.5 Å². The van der Waals surface area contributed by atoms with Crippen molar-refractivity contribution in [2.45, 2.75) is 37.8 Å². The Bertz CT molecular complexity index is 473. The maximum atomic E-state index is 13.6. The van der Waals surface area contributed by atoms with Crippen molar-refractivity contribution in [1.29, 1.82) is 0 Å². The zero-order chi connectivity index (χ0) is 14.0. The number of rotatable bonds is 3. The van der Waals surface area contributed by atoms with E-state index in [-0.39, 0.29) is 12.1 Å². The van der Waals surface area contributed by atoms with Gasteiger partial charge in [-0.25, -0.2) is 8.78 Å². The summed E-state index contributed by atoms with van der Waals surface area (Å²) in [6, 6.07) is 1.27. The molecule has 0 aromatic heterocycles. The number of nitro groups is 1. The molecule has 0 bridgehead atoms. The Balaban J connectivity index is 2.18. The zero-order valence-corrected chi connectivity index (χ0v) is 10.1. The van der Waals surface area contributed by atoms with E-state index in [0.29, 0.717) is 25.0 Å². The smallest absolute Gasteiger partial charge is 0.275 e. The van der Waals surface area contributed by atoms with E-state index in [1.54, 1.807) is 0 Å². The minimum atomic E-state index is -1.06. The van der Waals surface area contributed by atoms with Crippen LogP contribution in [0, 0.1) is 21.7 Å². The van der Waals surface area contributed by atoms with Crippen LogP contribution in [0.15, 0.2) is 12.1 Å². The molecule has 2 unspecified atom stereocenters. The average molecular weight is 272 g/mol. The van der Waals surface area contributed by atoms with Gasteiger partial charge in [0.1, 0.15) is 6.10 Å². The van der Waals surface area contributed by atoms with Crippen LogP contribution >= 0.6 is 0 Å². The minimum Gasteiger partial charge on any atom is -0.484 e. The number of hydrogen-bond donors (Lipinski definition) is 1. The molecule has 2 rings (SSSR count). The first kappa shape index (κ1) is 13.7. The van der Waals surface area contributed by atoms with Gasteiger partial charge in [-0.15, -0.1) is 0 Å². The summed E-state index contributed by atoms with van der Waals surface area (Å²) in [4.78, 5) is 9.61. The minimum absolute atomic E-state index is 0.0390. The van der Waals surface area contributed by atoms with Crippen LogP contribution in [0.2, 0.25) is 0 Å². The highest BCUT2D eigenvalue weighted by Gasteiger charge is 2.25. The van der Waals surface area contributed by atoms with E-state index in [2.05, 4.69) is 0 Å². The van der Waals surface area contributed by atoms with Crippen LogP contribution in [0.3, 0.4) is 0 Å². The lowest BCUT2D eigenvalue weighted by atomic mass is 9.93. The van der Waals surface area contributed by atoms with Gasteiger partial charge in [-0.3, -0.25) is 10.1 Å². The van der Waals surface area contributed by atoms with E-state index in [0.717, 1.165) is 12.8 Å².